The molecule has 0 aromatic carbocycles. The van der Waals surface area contributed by atoms with E-state index in [0.717, 1.165) is 7.11 Å². The molecular formula is C6H10F3NO2. The lowest BCUT2D eigenvalue weighted by Gasteiger charge is -2.10. The van der Waals surface area contributed by atoms with Gasteiger partial charge in [0.2, 0.25) is 0 Å². The summed E-state index contributed by atoms with van der Waals surface area (Å²) in [6.07, 6.45) is -5.77. The first-order valence-corrected chi connectivity index (χ1v) is 3.27. The molecule has 0 unspecified atom stereocenters. The molecule has 0 fully saturated rings. The van der Waals surface area contributed by atoms with E-state index in [4.69, 9.17) is 5.73 Å². The molecule has 0 amide bonds. The lowest BCUT2D eigenvalue weighted by molar-refractivity contribution is -0.147. The number of hydrogen-bond acceptors (Lipinski definition) is 3. The Bertz CT molecular complexity index is 157. The van der Waals surface area contributed by atoms with E-state index in [-0.39, 0.29) is 0 Å². The lowest BCUT2D eigenvalue weighted by atomic mass is 10.2. The van der Waals surface area contributed by atoms with Crippen molar-refractivity contribution in [2.24, 2.45) is 5.73 Å². The summed E-state index contributed by atoms with van der Waals surface area (Å²) in [5, 5.41) is 0. The van der Waals surface area contributed by atoms with Crippen molar-refractivity contribution in [3.05, 3.63) is 0 Å². The number of carbonyl (C=O) groups is 1. The normalized spacial score (nSPS) is 14.1. The van der Waals surface area contributed by atoms with Gasteiger partial charge in [0.05, 0.1) is 7.11 Å². The second-order valence-electron chi connectivity index (χ2n) is 2.28. The van der Waals surface area contributed by atoms with Crippen molar-refractivity contribution < 1.29 is 22.7 Å². The number of alkyl halides is 3. The zero-order chi connectivity index (χ0) is 9.78. The summed E-state index contributed by atoms with van der Waals surface area (Å²) in [4.78, 5) is 10.5. The minimum atomic E-state index is -4.27. The Kier molecular flexibility index (Phi) is 4.02. The highest BCUT2D eigenvalue weighted by Gasteiger charge is 2.29. The minimum absolute atomic E-state index is 0.434. The van der Waals surface area contributed by atoms with E-state index >= 15 is 0 Å². The fourth-order valence-corrected chi connectivity index (χ4v) is 0.588. The quantitative estimate of drug-likeness (QED) is 0.662. The zero-order valence-electron chi connectivity index (χ0n) is 6.52. The molecule has 0 saturated heterocycles. The SMILES string of the molecule is COC(=O)[C@@H](N)CCC(F)(F)F. The van der Waals surface area contributed by atoms with Crippen molar-refractivity contribution in [2.45, 2.75) is 25.1 Å². The monoisotopic (exact) mass is 185 g/mol. The van der Waals surface area contributed by atoms with Crippen LogP contribution in [-0.4, -0.2) is 25.3 Å². The maximum atomic E-state index is 11.6. The molecule has 0 radical (unpaired) electrons. The van der Waals surface area contributed by atoms with Gasteiger partial charge in [-0.05, 0) is 6.42 Å². The Morgan fingerprint density at radius 3 is 2.42 bits per heavy atom. The van der Waals surface area contributed by atoms with Gasteiger partial charge < -0.3 is 10.5 Å². The predicted molar refractivity (Wildman–Crippen MR) is 35.3 cm³/mol. The van der Waals surface area contributed by atoms with Crippen molar-refractivity contribution in [1.82, 2.24) is 0 Å². The van der Waals surface area contributed by atoms with Crippen LogP contribution in [-0.2, 0) is 9.53 Å². The van der Waals surface area contributed by atoms with Gasteiger partial charge in [-0.1, -0.05) is 0 Å². The van der Waals surface area contributed by atoms with Gasteiger partial charge in [-0.3, -0.25) is 4.79 Å². The Morgan fingerprint density at radius 2 is 2.08 bits per heavy atom. The largest absolute Gasteiger partial charge is 0.468 e. The molecule has 72 valence electrons. The van der Waals surface area contributed by atoms with E-state index in [9.17, 15) is 18.0 Å². The Balaban J connectivity index is 3.72. The van der Waals surface area contributed by atoms with Crippen molar-refractivity contribution in [2.75, 3.05) is 7.11 Å². The highest BCUT2D eigenvalue weighted by molar-refractivity contribution is 5.75. The van der Waals surface area contributed by atoms with Crippen LogP contribution in [0, 0.1) is 0 Å². The van der Waals surface area contributed by atoms with E-state index in [2.05, 4.69) is 4.74 Å². The van der Waals surface area contributed by atoms with Crippen LogP contribution >= 0.6 is 0 Å². The summed E-state index contributed by atoms with van der Waals surface area (Å²) in [5.74, 6) is -0.820. The number of ether oxygens (including phenoxy) is 1. The van der Waals surface area contributed by atoms with Gasteiger partial charge in [-0.15, -0.1) is 0 Å². The topological polar surface area (TPSA) is 52.3 Å². The highest BCUT2D eigenvalue weighted by atomic mass is 19.4. The Hall–Kier alpha value is -0.780. The van der Waals surface area contributed by atoms with E-state index < -0.39 is 31.0 Å². The summed E-state index contributed by atoms with van der Waals surface area (Å²) in [5.41, 5.74) is 5.06. The fraction of sp³-hybridized carbons (Fsp3) is 0.833. The third kappa shape index (κ3) is 4.95. The van der Waals surface area contributed by atoms with Crippen LogP contribution in [0.25, 0.3) is 0 Å². The molecule has 0 saturated carbocycles. The van der Waals surface area contributed by atoms with Gasteiger partial charge in [0.25, 0.3) is 0 Å². The number of esters is 1. The number of halogens is 3. The molecule has 0 aromatic heterocycles. The zero-order valence-corrected chi connectivity index (χ0v) is 6.52. The molecule has 3 nitrogen and oxygen atoms in total. The van der Waals surface area contributed by atoms with Crippen molar-refractivity contribution in [1.29, 1.82) is 0 Å². The number of nitrogens with two attached hydrogens (primary N) is 1. The Labute approximate surface area is 67.7 Å². The maximum Gasteiger partial charge on any atom is 0.389 e. The van der Waals surface area contributed by atoms with Crippen LogP contribution in [0.4, 0.5) is 13.2 Å². The molecule has 0 aliphatic rings. The second-order valence-corrected chi connectivity index (χ2v) is 2.28. The van der Waals surface area contributed by atoms with Gasteiger partial charge in [0.15, 0.2) is 0 Å². The first kappa shape index (κ1) is 11.2. The van der Waals surface area contributed by atoms with Crippen molar-refractivity contribution in [3.63, 3.8) is 0 Å². The predicted octanol–water partition coefficient (Wildman–Crippen LogP) is 0.829. The van der Waals surface area contributed by atoms with Crippen molar-refractivity contribution in [3.8, 4) is 0 Å². The molecule has 0 aliphatic carbocycles. The van der Waals surface area contributed by atoms with Gasteiger partial charge in [-0.2, -0.15) is 13.2 Å². The summed E-state index contributed by atoms with van der Waals surface area (Å²) in [7, 11) is 1.08. The van der Waals surface area contributed by atoms with Crippen LogP contribution in [0.3, 0.4) is 0 Å². The molecule has 0 bridgehead atoms. The standard InChI is InChI=1S/C6H10F3NO2/c1-12-5(11)4(10)2-3-6(7,8)9/h4H,2-3,10H2,1H3/t4-/m0/s1. The molecule has 0 spiro atoms. The van der Waals surface area contributed by atoms with Crippen LogP contribution in [0.1, 0.15) is 12.8 Å². The molecule has 0 aliphatic heterocycles. The van der Waals surface area contributed by atoms with E-state index in [1.807, 2.05) is 0 Å². The molecular weight excluding hydrogens is 175 g/mol. The summed E-state index contributed by atoms with van der Waals surface area (Å²) in [6.45, 7) is 0. The van der Waals surface area contributed by atoms with Crippen LogP contribution in [0.15, 0.2) is 0 Å². The minimum Gasteiger partial charge on any atom is -0.468 e. The molecule has 0 rings (SSSR count). The van der Waals surface area contributed by atoms with Crippen LogP contribution in [0.5, 0.6) is 0 Å². The summed E-state index contributed by atoms with van der Waals surface area (Å²) >= 11 is 0. The first-order valence-electron chi connectivity index (χ1n) is 3.27. The van der Waals surface area contributed by atoms with Crippen molar-refractivity contribution >= 4 is 5.97 Å². The third-order valence-corrected chi connectivity index (χ3v) is 1.24. The average molecular weight is 185 g/mol. The van der Waals surface area contributed by atoms with Gasteiger partial charge in [0, 0.05) is 6.42 Å². The smallest absolute Gasteiger partial charge is 0.389 e. The lowest BCUT2D eigenvalue weighted by Crippen LogP contribution is -2.32. The second kappa shape index (κ2) is 4.30. The number of methoxy groups -OCH3 is 1. The third-order valence-electron chi connectivity index (χ3n) is 1.24. The number of carbonyl (C=O) groups excluding carboxylic acids is 1. The molecule has 1 atom stereocenters. The van der Waals surface area contributed by atoms with Crippen LogP contribution < -0.4 is 5.73 Å². The summed E-state index contributed by atoms with van der Waals surface area (Å²) in [6, 6.07) is -1.18. The molecule has 0 aromatic rings. The van der Waals surface area contributed by atoms with E-state index in [0.29, 0.717) is 0 Å². The van der Waals surface area contributed by atoms with Crippen LogP contribution in [0.2, 0.25) is 0 Å². The average Bonchev–Trinajstić information content (AvgIpc) is 1.97. The molecule has 6 heteroatoms. The fourth-order valence-electron chi connectivity index (χ4n) is 0.588. The van der Waals surface area contributed by atoms with E-state index in [1.54, 1.807) is 0 Å². The maximum absolute atomic E-state index is 11.6. The number of hydrogen-bond donors (Lipinski definition) is 1. The first-order chi connectivity index (χ1) is 5.37. The van der Waals surface area contributed by atoms with Gasteiger partial charge >= 0.3 is 12.1 Å². The molecule has 12 heavy (non-hydrogen) atoms. The Morgan fingerprint density at radius 1 is 1.58 bits per heavy atom. The van der Waals surface area contributed by atoms with Gasteiger partial charge in [-0.25, -0.2) is 0 Å². The van der Waals surface area contributed by atoms with E-state index in [1.165, 1.54) is 0 Å². The number of rotatable bonds is 3. The van der Waals surface area contributed by atoms with Gasteiger partial charge in [0.1, 0.15) is 6.04 Å². The molecule has 0 heterocycles. The summed E-state index contributed by atoms with van der Waals surface area (Å²) < 4.78 is 38.9. The highest BCUT2D eigenvalue weighted by Crippen LogP contribution is 2.21. The molecule has 2 N–H and O–H groups in total.